The molecule has 0 unspecified atom stereocenters. The summed E-state index contributed by atoms with van der Waals surface area (Å²) in [6.07, 6.45) is 6.28. The lowest BCUT2D eigenvalue weighted by molar-refractivity contribution is 0.443. The van der Waals surface area contributed by atoms with Crippen molar-refractivity contribution in [1.82, 2.24) is 4.24 Å². The molecule has 1 aromatic rings. The number of benzene rings is 1. The van der Waals surface area contributed by atoms with Crippen molar-refractivity contribution >= 4 is 21.8 Å². The average Bonchev–Trinajstić information content (AvgIpc) is 2.40. The SMILES string of the molecule is O=S(=O)(NCl)c1ccc(C2CCCCC2)cc1. The number of hydrogen-bond acceptors (Lipinski definition) is 2. The fourth-order valence-corrected chi connectivity index (χ4v) is 3.25. The molecule has 2 rings (SSSR count). The molecule has 0 atom stereocenters. The van der Waals surface area contributed by atoms with E-state index in [1.807, 2.05) is 12.1 Å². The van der Waals surface area contributed by atoms with Crippen molar-refractivity contribution in [1.29, 1.82) is 0 Å². The van der Waals surface area contributed by atoms with Crippen molar-refractivity contribution in [3.8, 4) is 0 Å². The molecule has 0 aliphatic heterocycles. The van der Waals surface area contributed by atoms with E-state index in [2.05, 4.69) is 0 Å². The highest BCUT2D eigenvalue weighted by Gasteiger charge is 2.17. The number of nitrogens with one attached hydrogen (secondary N) is 1. The Morgan fingerprint density at radius 2 is 1.65 bits per heavy atom. The van der Waals surface area contributed by atoms with Gasteiger partial charge in [-0.25, -0.2) is 8.42 Å². The van der Waals surface area contributed by atoms with Crippen molar-refractivity contribution in [2.75, 3.05) is 0 Å². The molecule has 1 aliphatic carbocycles. The second-order valence-corrected chi connectivity index (χ2v) is 6.58. The molecule has 1 saturated carbocycles. The second kappa shape index (κ2) is 5.38. The van der Waals surface area contributed by atoms with E-state index in [9.17, 15) is 8.42 Å². The van der Waals surface area contributed by atoms with Crippen molar-refractivity contribution in [2.45, 2.75) is 42.9 Å². The summed E-state index contributed by atoms with van der Waals surface area (Å²) in [5, 5.41) is 0. The lowest BCUT2D eigenvalue weighted by Crippen LogP contribution is -2.13. The Balaban J connectivity index is 2.18. The maximum atomic E-state index is 11.4. The van der Waals surface area contributed by atoms with Crippen molar-refractivity contribution < 1.29 is 8.42 Å². The zero-order valence-corrected chi connectivity index (χ0v) is 11.1. The Bertz CT molecular complexity index is 464. The van der Waals surface area contributed by atoms with Gasteiger partial charge in [0.15, 0.2) is 0 Å². The minimum atomic E-state index is -3.53. The van der Waals surface area contributed by atoms with Crippen LogP contribution in [0.4, 0.5) is 0 Å². The van der Waals surface area contributed by atoms with Crippen LogP contribution in [0, 0.1) is 0 Å². The Morgan fingerprint density at radius 1 is 1.06 bits per heavy atom. The summed E-state index contributed by atoms with van der Waals surface area (Å²) < 4.78 is 24.7. The van der Waals surface area contributed by atoms with Crippen LogP contribution in [0.25, 0.3) is 0 Å². The standard InChI is InChI=1S/C12H16ClNO2S/c13-14-17(15,16)12-8-6-11(7-9-12)10-4-2-1-3-5-10/h6-10,14H,1-5H2. The van der Waals surface area contributed by atoms with E-state index in [4.69, 9.17) is 11.8 Å². The maximum Gasteiger partial charge on any atom is 0.253 e. The van der Waals surface area contributed by atoms with Gasteiger partial charge < -0.3 is 0 Å². The van der Waals surface area contributed by atoms with Gasteiger partial charge in [-0.3, -0.25) is 0 Å². The normalized spacial score (nSPS) is 18.2. The first-order valence-corrected chi connectivity index (χ1v) is 7.72. The van der Waals surface area contributed by atoms with Crippen LogP contribution in [0.1, 0.15) is 43.6 Å². The fourth-order valence-electron chi connectivity index (χ4n) is 2.40. The summed E-state index contributed by atoms with van der Waals surface area (Å²) in [5.41, 5.74) is 1.23. The first-order chi connectivity index (χ1) is 8.13. The van der Waals surface area contributed by atoms with Crippen LogP contribution in [0.15, 0.2) is 29.2 Å². The van der Waals surface area contributed by atoms with Crippen molar-refractivity contribution in [3.05, 3.63) is 29.8 Å². The van der Waals surface area contributed by atoms with Gasteiger partial charge in [-0.2, -0.15) is 0 Å². The molecule has 1 N–H and O–H groups in total. The summed E-state index contributed by atoms with van der Waals surface area (Å²) in [4.78, 5) is 0.215. The maximum absolute atomic E-state index is 11.4. The highest BCUT2D eigenvalue weighted by molar-refractivity contribution is 7.90. The fraction of sp³-hybridized carbons (Fsp3) is 0.500. The molecule has 0 spiro atoms. The van der Waals surface area contributed by atoms with Crippen LogP contribution >= 0.6 is 11.8 Å². The molecule has 1 aromatic carbocycles. The molecule has 5 heteroatoms. The minimum absolute atomic E-state index is 0.215. The third-order valence-corrected chi connectivity index (χ3v) is 5.07. The van der Waals surface area contributed by atoms with Crippen molar-refractivity contribution in [3.63, 3.8) is 0 Å². The highest BCUT2D eigenvalue weighted by atomic mass is 35.5. The molecule has 0 amide bonds. The van der Waals surface area contributed by atoms with Crippen LogP contribution in [-0.4, -0.2) is 8.42 Å². The molecule has 0 saturated heterocycles. The molecule has 0 radical (unpaired) electrons. The Morgan fingerprint density at radius 3 is 2.18 bits per heavy atom. The monoisotopic (exact) mass is 273 g/mol. The van der Waals surface area contributed by atoms with E-state index in [0.29, 0.717) is 5.92 Å². The van der Waals surface area contributed by atoms with Gasteiger partial charge in [0, 0.05) is 0 Å². The molecular formula is C12H16ClNO2S. The molecule has 0 bridgehead atoms. The smallest absolute Gasteiger partial charge is 0.206 e. The molecule has 1 fully saturated rings. The van der Waals surface area contributed by atoms with Crippen LogP contribution in [0.2, 0.25) is 0 Å². The Kier molecular flexibility index (Phi) is 4.07. The summed E-state index contributed by atoms with van der Waals surface area (Å²) >= 11 is 5.18. The van der Waals surface area contributed by atoms with Gasteiger partial charge >= 0.3 is 0 Å². The molecule has 3 nitrogen and oxygen atoms in total. The van der Waals surface area contributed by atoms with Gasteiger partial charge in [0.05, 0.1) is 4.90 Å². The zero-order chi connectivity index (χ0) is 12.3. The van der Waals surface area contributed by atoms with Crippen molar-refractivity contribution in [2.24, 2.45) is 0 Å². The Labute approximate surface area is 107 Å². The summed E-state index contributed by atoms with van der Waals surface area (Å²) in [7, 11) is -3.53. The number of sulfonamides is 1. The molecule has 94 valence electrons. The topological polar surface area (TPSA) is 46.2 Å². The number of halogens is 1. The largest absolute Gasteiger partial charge is 0.253 e. The summed E-state index contributed by atoms with van der Waals surface area (Å²) in [5.74, 6) is 0.587. The molecule has 0 aromatic heterocycles. The van der Waals surface area contributed by atoms with E-state index >= 15 is 0 Å². The van der Waals surface area contributed by atoms with Gasteiger partial charge in [0.2, 0.25) is 0 Å². The van der Waals surface area contributed by atoms with Crippen LogP contribution < -0.4 is 4.24 Å². The summed E-state index contributed by atoms with van der Waals surface area (Å²) in [6, 6.07) is 7.04. The van der Waals surface area contributed by atoms with Gasteiger partial charge in [-0.15, -0.1) is 4.24 Å². The minimum Gasteiger partial charge on any atom is -0.206 e. The van der Waals surface area contributed by atoms with E-state index in [1.165, 1.54) is 37.7 Å². The molecule has 0 heterocycles. The predicted octanol–water partition coefficient (Wildman–Crippen LogP) is 3.17. The molecule has 1 aliphatic rings. The number of hydrogen-bond donors (Lipinski definition) is 1. The lowest BCUT2D eigenvalue weighted by Gasteiger charge is -2.21. The van der Waals surface area contributed by atoms with E-state index < -0.39 is 10.0 Å². The first kappa shape index (κ1) is 12.9. The van der Waals surface area contributed by atoms with E-state index in [1.54, 1.807) is 16.4 Å². The zero-order valence-electron chi connectivity index (χ0n) is 9.52. The van der Waals surface area contributed by atoms with Gasteiger partial charge in [0.1, 0.15) is 0 Å². The van der Waals surface area contributed by atoms with Gasteiger partial charge in [-0.1, -0.05) is 31.4 Å². The molecular weight excluding hydrogens is 258 g/mol. The second-order valence-electron chi connectivity index (χ2n) is 4.48. The lowest BCUT2D eigenvalue weighted by atomic mass is 9.84. The van der Waals surface area contributed by atoms with Crippen LogP contribution in [0.5, 0.6) is 0 Å². The first-order valence-electron chi connectivity index (χ1n) is 5.86. The molecule has 17 heavy (non-hydrogen) atoms. The van der Waals surface area contributed by atoms with Gasteiger partial charge in [0.25, 0.3) is 10.0 Å². The van der Waals surface area contributed by atoms with Gasteiger partial charge in [-0.05, 0) is 48.2 Å². The highest BCUT2D eigenvalue weighted by Crippen LogP contribution is 2.32. The van der Waals surface area contributed by atoms with Crippen LogP contribution in [-0.2, 0) is 10.0 Å². The quantitative estimate of drug-likeness (QED) is 0.860. The van der Waals surface area contributed by atoms with E-state index in [-0.39, 0.29) is 4.90 Å². The predicted molar refractivity (Wildman–Crippen MR) is 68.4 cm³/mol. The number of rotatable bonds is 3. The summed E-state index contributed by atoms with van der Waals surface area (Å²) in [6.45, 7) is 0. The van der Waals surface area contributed by atoms with E-state index in [0.717, 1.165) is 0 Å². The van der Waals surface area contributed by atoms with Crippen LogP contribution in [0.3, 0.4) is 0 Å². The third-order valence-electron chi connectivity index (χ3n) is 3.37. The average molecular weight is 274 g/mol. The Hall–Kier alpha value is -0.580. The third kappa shape index (κ3) is 3.00.